The summed E-state index contributed by atoms with van der Waals surface area (Å²) in [5, 5.41) is 11.9. The second kappa shape index (κ2) is 8.28. The maximum absolute atomic E-state index is 11.4. The van der Waals surface area contributed by atoms with E-state index in [0.29, 0.717) is 24.1 Å². The Morgan fingerprint density at radius 1 is 1.36 bits per heavy atom. The van der Waals surface area contributed by atoms with Crippen LogP contribution < -0.4 is 16.0 Å². The lowest BCUT2D eigenvalue weighted by Gasteiger charge is -2.19. The van der Waals surface area contributed by atoms with Crippen molar-refractivity contribution in [1.29, 1.82) is 0 Å². The van der Waals surface area contributed by atoms with E-state index in [2.05, 4.69) is 34.8 Å². The zero-order valence-electron chi connectivity index (χ0n) is 13.6. The number of hydrogen-bond acceptors (Lipinski definition) is 5. The van der Waals surface area contributed by atoms with Gasteiger partial charge in [-0.25, -0.2) is 9.78 Å². The monoisotopic (exact) mass is 344 g/mol. The molecule has 8 heteroatoms. The number of amides is 1. The van der Waals surface area contributed by atoms with E-state index >= 15 is 0 Å². The highest BCUT2D eigenvalue weighted by molar-refractivity contribution is 7.80. The number of thiazole rings is 1. The third kappa shape index (κ3) is 7.56. The molecule has 1 heterocycles. The molecule has 0 saturated heterocycles. The topological polar surface area (TPSA) is 75.3 Å². The van der Waals surface area contributed by atoms with Crippen LogP contribution in [0.1, 0.15) is 46.2 Å². The zero-order valence-corrected chi connectivity index (χ0v) is 15.3. The van der Waals surface area contributed by atoms with Gasteiger partial charge in [0.15, 0.2) is 10.2 Å². The zero-order chi connectivity index (χ0) is 16.8. The van der Waals surface area contributed by atoms with E-state index in [1.54, 1.807) is 0 Å². The molecule has 1 aromatic rings. The predicted molar refractivity (Wildman–Crippen MR) is 94.7 cm³/mol. The molecule has 1 rings (SSSR count). The first-order valence-corrected chi connectivity index (χ1v) is 8.43. The number of hydrogen-bond donors (Lipinski definition) is 3. The van der Waals surface area contributed by atoms with Crippen molar-refractivity contribution >= 4 is 39.9 Å². The van der Waals surface area contributed by atoms with Crippen molar-refractivity contribution in [2.75, 3.05) is 18.4 Å². The smallest absolute Gasteiger partial charge is 0.407 e. The molecule has 0 radical (unpaired) electrons. The number of aromatic nitrogens is 1. The van der Waals surface area contributed by atoms with E-state index in [4.69, 9.17) is 17.0 Å². The number of thiocarbonyl (C=S) groups is 1. The van der Waals surface area contributed by atoms with Crippen molar-refractivity contribution in [3.8, 4) is 0 Å². The third-order valence-corrected chi connectivity index (χ3v) is 3.44. The fourth-order valence-corrected chi connectivity index (χ4v) is 2.54. The third-order valence-electron chi connectivity index (χ3n) is 2.41. The van der Waals surface area contributed by atoms with E-state index < -0.39 is 11.7 Å². The molecule has 0 aliphatic heterocycles. The summed E-state index contributed by atoms with van der Waals surface area (Å²) >= 11 is 6.70. The van der Waals surface area contributed by atoms with Gasteiger partial charge < -0.3 is 20.7 Å². The van der Waals surface area contributed by atoms with Crippen LogP contribution in [0.25, 0.3) is 0 Å². The molecule has 0 spiro atoms. The average molecular weight is 345 g/mol. The van der Waals surface area contributed by atoms with Crippen LogP contribution in [0, 0.1) is 0 Å². The van der Waals surface area contributed by atoms with Gasteiger partial charge in [-0.05, 0) is 38.9 Å². The second-order valence-corrected chi connectivity index (χ2v) is 7.31. The molecule has 1 amide bonds. The molecular formula is C14H24N4O2S2. The summed E-state index contributed by atoms with van der Waals surface area (Å²) in [7, 11) is 0. The van der Waals surface area contributed by atoms with Crippen LogP contribution in [0.5, 0.6) is 0 Å². The minimum atomic E-state index is -0.493. The van der Waals surface area contributed by atoms with Crippen molar-refractivity contribution in [2.45, 2.75) is 46.1 Å². The molecule has 22 heavy (non-hydrogen) atoms. The summed E-state index contributed by atoms with van der Waals surface area (Å²) in [6.45, 7) is 10.6. The van der Waals surface area contributed by atoms with Crippen molar-refractivity contribution in [3.63, 3.8) is 0 Å². The molecular weight excluding hydrogens is 320 g/mol. The number of alkyl carbamates (subject to hydrolysis) is 1. The molecule has 0 aromatic carbocycles. The van der Waals surface area contributed by atoms with Crippen LogP contribution in [-0.4, -0.2) is 34.9 Å². The molecule has 0 bridgehead atoms. The maximum Gasteiger partial charge on any atom is 0.407 e. The Bertz CT molecular complexity index is 509. The van der Waals surface area contributed by atoms with E-state index in [1.165, 1.54) is 11.3 Å². The SMILES string of the molecule is CC(C)c1csc(NC(=S)NCCNC(=O)OC(C)(C)C)n1. The van der Waals surface area contributed by atoms with Crippen LogP contribution in [0.2, 0.25) is 0 Å². The molecule has 0 saturated carbocycles. The highest BCUT2D eigenvalue weighted by atomic mass is 32.1. The predicted octanol–water partition coefficient (Wildman–Crippen LogP) is 3.08. The summed E-state index contributed by atoms with van der Waals surface area (Å²) in [5.41, 5.74) is 0.551. The van der Waals surface area contributed by atoms with Gasteiger partial charge in [-0.1, -0.05) is 13.8 Å². The molecule has 6 nitrogen and oxygen atoms in total. The number of ether oxygens (including phenoxy) is 1. The second-order valence-electron chi connectivity index (χ2n) is 6.04. The average Bonchev–Trinajstić information content (AvgIpc) is 2.81. The van der Waals surface area contributed by atoms with Gasteiger partial charge in [-0.2, -0.15) is 0 Å². The van der Waals surface area contributed by atoms with E-state index in [-0.39, 0.29) is 0 Å². The Kier molecular flexibility index (Phi) is 7.02. The number of anilines is 1. The normalized spacial score (nSPS) is 11.2. The van der Waals surface area contributed by atoms with Gasteiger partial charge in [0, 0.05) is 18.5 Å². The lowest BCUT2D eigenvalue weighted by atomic mass is 10.2. The molecule has 0 fully saturated rings. The molecule has 0 aliphatic carbocycles. The fourth-order valence-electron chi connectivity index (χ4n) is 1.40. The van der Waals surface area contributed by atoms with Crippen LogP contribution in [0.4, 0.5) is 9.93 Å². The van der Waals surface area contributed by atoms with Crippen LogP contribution in [0.3, 0.4) is 0 Å². The lowest BCUT2D eigenvalue weighted by Crippen LogP contribution is -2.39. The summed E-state index contributed by atoms with van der Waals surface area (Å²) in [5.74, 6) is 0.395. The highest BCUT2D eigenvalue weighted by Crippen LogP contribution is 2.21. The van der Waals surface area contributed by atoms with Gasteiger partial charge in [0.25, 0.3) is 0 Å². The van der Waals surface area contributed by atoms with Gasteiger partial charge in [-0.3, -0.25) is 0 Å². The maximum atomic E-state index is 11.4. The van der Waals surface area contributed by atoms with E-state index in [9.17, 15) is 4.79 Å². The van der Waals surface area contributed by atoms with Crippen molar-refractivity contribution in [1.82, 2.24) is 15.6 Å². The molecule has 0 atom stereocenters. The first kappa shape index (κ1) is 18.6. The molecule has 1 aromatic heterocycles. The summed E-state index contributed by atoms with van der Waals surface area (Å²) in [6, 6.07) is 0. The number of rotatable bonds is 5. The van der Waals surface area contributed by atoms with E-state index in [0.717, 1.165) is 10.8 Å². The first-order valence-electron chi connectivity index (χ1n) is 7.14. The Balaban J connectivity index is 2.22. The quantitative estimate of drug-likeness (QED) is 0.563. The van der Waals surface area contributed by atoms with Crippen molar-refractivity contribution in [2.24, 2.45) is 0 Å². The van der Waals surface area contributed by atoms with Crippen LogP contribution >= 0.6 is 23.6 Å². The minimum Gasteiger partial charge on any atom is -0.444 e. The minimum absolute atomic E-state index is 0.395. The standard InChI is InChI=1S/C14H24N4O2S2/c1-9(2)10-8-22-12(17-10)18-11(21)15-6-7-16-13(19)20-14(3,4)5/h8-9H,6-7H2,1-5H3,(H,16,19)(H2,15,17,18,21). The summed E-state index contributed by atoms with van der Waals surface area (Å²) in [6.07, 6.45) is -0.435. The van der Waals surface area contributed by atoms with Crippen molar-refractivity contribution in [3.05, 3.63) is 11.1 Å². The van der Waals surface area contributed by atoms with Crippen LogP contribution in [0.15, 0.2) is 5.38 Å². The Morgan fingerprint density at radius 3 is 2.55 bits per heavy atom. The van der Waals surface area contributed by atoms with Crippen LogP contribution in [-0.2, 0) is 4.74 Å². The Morgan fingerprint density at radius 2 is 2.00 bits per heavy atom. The Hall–Kier alpha value is -1.41. The molecule has 0 aliphatic rings. The van der Waals surface area contributed by atoms with Gasteiger partial charge in [-0.15, -0.1) is 11.3 Å². The lowest BCUT2D eigenvalue weighted by molar-refractivity contribution is 0.0529. The first-order chi connectivity index (χ1) is 10.2. The molecule has 3 N–H and O–H groups in total. The fraction of sp³-hybridized carbons (Fsp3) is 0.643. The summed E-state index contributed by atoms with van der Waals surface area (Å²) < 4.78 is 5.13. The van der Waals surface area contributed by atoms with Gasteiger partial charge in [0.05, 0.1) is 5.69 Å². The van der Waals surface area contributed by atoms with Crippen molar-refractivity contribution < 1.29 is 9.53 Å². The highest BCUT2D eigenvalue weighted by Gasteiger charge is 2.15. The van der Waals surface area contributed by atoms with Gasteiger partial charge in [0.2, 0.25) is 0 Å². The number of nitrogens with zero attached hydrogens (tertiary/aromatic N) is 1. The molecule has 0 unspecified atom stereocenters. The molecule has 124 valence electrons. The largest absolute Gasteiger partial charge is 0.444 e. The summed E-state index contributed by atoms with van der Waals surface area (Å²) in [4.78, 5) is 15.9. The van der Waals surface area contributed by atoms with Gasteiger partial charge >= 0.3 is 6.09 Å². The Labute approximate surface area is 141 Å². The van der Waals surface area contributed by atoms with E-state index in [1.807, 2.05) is 26.2 Å². The number of nitrogens with one attached hydrogen (secondary N) is 3. The number of carbonyl (C=O) groups excluding carboxylic acids is 1. The number of carbonyl (C=O) groups is 1. The van der Waals surface area contributed by atoms with Gasteiger partial charge in [0.1, 0.15) is 5.60 Å².